The molecule has 0 saturated heterocycles. The molecule has 1 aliphatic carbocycles. The number of ether oxygens (including phenoxy) is 3. The van der Waals surface area contributed by atoms with Gasteiger partial charge in [0, 0.05) is 13.0 Å². The second-order valence-corrected chi connectivity index (χ2v) is 6.99. The van der Waals surface area contributed by atoms with Gasteiger partial charge in [0.15, 0.2) is 11.5 Å². The Morgan fingerprint density at radius 3 is 2.73 bits per heavy atom. The van der Waals surface area contributed by atoms with Crippen molar-refractivity contribution < 1.29 is 28.9 Å². The van der Waals surface area contributed by atoms with Crippen LogP contribution < -0.4 is 14.8 Å². The molecule has 1 aromatic rings. The largest absolute Gasteiger partial charge is 0.469 e. The van der Waals surface area contributed by atoms with Gasteiger partial charge < -0.3 is 24.6 Å². The summed E-state index contributed by atoms with van der Waals surface area (Å²) in [6.45, 7) is 0.440. The fourth-order valence-corrected chi connectivity index (χ4v) is 3.44. The number of carbonyl (C=O) groups is 2. The fraction of sp³-hybridized carbons (Fsp3) is 0.579. The van der Waals surface area contributed by atoms with Gasteiger partial charge in [-0.05, 0) is 49.8 Å². The Bertz CT molecular complexity index is 666. The zero-order chi connectivity index (χ0) is 18.6. The maximum atomic E-state index is 12.1. The predicted molar refractivity (Wildman–Crippen MR) is 92.8 cm³/mol. The number of carbonyl (C=O) groups excluding carboxylic acids is 2. The van der Waals surface area contributed by atoms with E-state index in [0.717, 1.165) is 11.3 Å². The van der Waals surface area contributed by atoms with E-state index < -0.39 is 5.60 Å². The fourth-order valence-electron chi connectivity index (χ4n) is 3.44. The molecule has 7 nitrogen and oxygen atoms in total. The zero-order valence-electron chi connectivity index (χ0n) is 15.0. The van der Waals surface area contributed by atoms with Gasteiger partial charge in [0.1, 0.15) is 0 Å². The number of amides is 1. The van der Waals surface area contributed by atoms with Crippen LogP contribution in [-0.4, -0.2) is 43.0 Å². The SMILES string of the molecule is COC(=O)C1CCC(O)(CNC(=O)CCc2ccc3c(c2)OCO3)CC1. The lowest BCUT2D eigenvalue weighted by atomic mass is 9.79. The first-order valence-electron chi connectivity index (χ1n) is 8.94. The summed E-state index contributed by atoms with van der Waals surface area (Å²) in [7, 11) is 1.38. The molecule has 0 radical (unpaired) electrons. The number of aryl methyl sites for hydroxylation is 1. The van der Waals surface area contributed by atoms with Crippen molar-refractivity contribution in [2.24, 2.45) is 5.92 Å². The third-order valence-electron chi connectivity index (χ3n) is 5.14. The molecular formula is C19H25NO6. The molecule has 26 heavy (non-hydrogen) atoms. The van der Waals surface area contributed by atoms with Gasteiger partial charge >= 0.3 is 5.97 Å². The number of esters is 1. The lowest BCUT2D eigenvalue weighted by Crippen LogP contribution is -2.46. The van der Waals surface area contributed by atoms with Crippen molar-refractivity contribution in [3.05, 3.63) is 23.8 Å². The van der Waals surface area contributed by atoms with E-state index >= 15 is 0 Å². The van der Waals surface area contributed by atoms with Gasteiger partial charge in [0.05, 0.1) is 18.6 Å². The molecule has 0 unspecified atom stereocenters. The molecule has 3 rings (SSSR count). The molecule has 0 atom stereocenters. The number of rotatable bonds is 6. The van der Waals surface area contributed by atoms with Crippen LogP contribution >= 0.6 is 0 Å². The quantitative estimate of drug-likeness (QED) is 0.745. The molecule has 1 amide bonds. The molecule has 2 aliphatic rings. The summed E-state index contributed by atoms with van der Waals surface area (Å²) in [5.41, 5.74) is 0.0561. The van der Waals surface area contributed by atoms with Crippen LogP contribution in [0.5, 0.6) is 11.5 Å². The Labute approximate surface area is 152 Å². The first-order chi connectivity index (χ1) is 12.5. The molecule has 0 aromatic heterocycles. The molecular weight excluding hydrogens is 338 g/mol. The average Bonchev–Trinajstić information content (AvgIpc) is 3.12. The van der Waals surface area contributed by atoms with Crippen LogP contribution in [0.3, 0.4) is 0 Å². The Hall–Kier alpha value is -2.28. The highest BCUT2D eigenvalue weighted by Gasteiger charge is 2.36. The molecule has 1 heterocycles. The standard InChI is InChI=1S/C19H25NO6/c1-24-18(22)14-6-8-19(23,9-7-14)11-20-17(21)5-3-13-2-4-15-16(10-13)26-12-25-15/h2,4,10,14,23H,3,5-9,11-12H2,1H3,(H,20,21). The molecule has 1 fully saturated rings. The number of aliphatic hydroxyl groups is 1. The van der Waals surface area contributed by atoms with Crippen LogP contribution in [0.2, 0.25) is 0 Å². The highest BCUT2D eigenvalue weighted by atomic mass is 16.7. The first-order valence-corrected chi connectivity index (χ1v) is 8.94. The summed E-state index contributed by atoms with van der Waals surface area (Å²) in [6.07, 6.45) is 3.04. The van der Waals surface area contributed by atoms with E-state index in [0.29, 0.717) is 44.3 Å². The minimum atomic E-state index is -0.946. The second kappa shape index (κ2) is 7.95. The van der Waals surface area contributed by atoms with Gasteiger partial charge in [-0.1, -0.05) is 6.07 Å². The van der Waals surface area contributed by atoms with E-state index in [-0.39, 0.29) is 31.1 Å². The number of nitrogens with one attached hydrogen (secondary N) is 1. The molecule has 0 bridgehead atoms. The highest BCUT2D eigenvalue weighted by molar-refractivity contribution is 5.76. The summed E-state index contributed by atoms with van der Waals surface area (Å²) < 4.78 is 15.3. The zero-order valence-corrected chi connectivity index (χ0v) is 15.0. The topological polar surface area (TPSA) is 94.1 Å². The number of hydrogen-bond donors (Lipinski definition) is 2. The maximum Gasteiger partial charge on any atom is 0.308 e. The smallest absolute Gasteiger partial charge is 0.308 e. The molecule has 7 heteroatoms. The van der Waals surface area contributed by atoms with Gasteiger partial charge in [-0.25, -0.2) is 0 Å². The Balaban J connectivity index is 1.41. The van der Waals surface area contributed by atoms with Crippen molar-refractivity contribution in [3.8, 4) is 11.5 Å². The number of fused-ring (bicyclic) bond motifs is 1. The van der Waals surface area contributed by atoms with E-state index in [4.69, 9.17) is 14.2 Å². The van der Waals surface area contributed by atoms with Crippen molar-refractivity contribution >= 4 is 11.9 Å². The minimum absolute atomic E-state index is 0.105. The van der Waals surface area contributed by atoms with Crippen molar-refractivity contribution in [2.75, 3.05) is 20.4 Å². The molecule has 2 N–H and O–H groups in total. The summed E-state index contributed by atoms with van der Waals surface area (Å²) >= 11 is 0. The van der Waals surface area contributed by atoms with Gasteiger partial charge in [0.2, 0.25) is 12.7 Å². The van der Waals surface area contributed by atoms with E-state index in [9.17, 15) is 14.7 Å². The average molecular weight is 363 g/mol. The normalized spacial score (nSPS) is 24.2. The summed E-state index contributed by atoms with van der Waals surface area (Å²) in [5, 5.41) is 13.4. The molecule has 1 aromatic carbocycles. The second-order valence-electron chi connectivity index (χ2n) is 6.99. The third-order valence-corrected chi connectivity index (χ3v) is 5.14. The monoisotopic (exact) mass is 363 g/mol. The first kappa shape index (κ1) is 18.5. The Morgan fingerprint density at radius 2 is 2.00 bits per heavy atom. The van der Waals surface area contributed by atoms with E-state index in [2.05, 4.69) is 5.32 Å². The lowest BCUT2D eigenvalue weighted by molar-refractivity contribution is -0.148. The summed E-state index contributed by atoms with van der Waals surface area (Å²) in [4.78, 5) is 23.6. The summed E-state index contributed by atoms with van der Waals surface area (Å²) in [5.74, 6) is 0.954. The van der Waals surface area contributed by atoms with Gasteiger partial charge in [-0.2, -0.15) is 0 Å². The molecule has 1 aliphatic heterocycles. The predicted octanol–water partition coefficient (Wildman–Crippen LogP) is 1.56. The van der Waals surface area contributed by atoms with Crippen LogP contribution in [0.15, 0.2) is 18.2 Å². The third kappa shape index (κ3) is 4.46. The van der Waals surface area contributed by atoms with Crippen LogP contribution in [0, 0.1) is 5.92 Å². The lowest BCUT2D eigenvalue weighted by Gasteiger charge is -2.35. The highest BCUT2D eigenvalue weighted by Crippen LogP contribution is 2.33. The number of hydrogen-bond acceptors (Lipinski definition) is 6. The minimum Gasteiger partial charge on any atom is -0.469 e. The van der Waals surface area contributed by atoms with Gasteiger partial charge in [0.25, 0.3) is 0 Å². The van der Waals surface area contributed by atoms with Crippen LogP contribution in [0.25, 0.3) is 0 Å². The van der Waals surface area contributed by atoms with Crippen molar-refractivity contribution in [2.45, 2.75) is 44.1 Å². The van der Waals surface area contributed by atoms with Crippen LogP contribution in [0.1, 0.15) is 37.7 Å². The van der Waals surface area contributed by atoms with Gasteiger partial charge in [-0.3, -0.25) is 9.59 Å². The maximum absolute atomic E-state index is 12.1. The number of benzene rings is 1. The van der Waals surface area contributed by atoms with E-state index in [1.807, 2.05) is 18.2 Å². The molecule has 142 valence electrons. The van der Waals surface area contributed by atoms with Gasteiger partial charge in [-0.15, -0.1) is 0 Å². The van der Waals surface area contributed by atoms with Crippen molar-refractivity contribution in [1.82, 2.24) is 5.32 Å². The number of methoxy groups -OCH3 is 1. The van der Waals surface area contributed by atoms with Crippen LogP contribution in [-0.2, 0) is 20.7 Å². The van der Waals surface area contributed by atoms with E-state index in [1.165, 1.54) is 7.11 Å². The Kier molecular flexibility index (Phi) is 5.66. The van der Waals surface area contributed by atoms with Crippen LogP contribution in [0.4, 0.5) is 0 Å². The molecule has 0 spiro atoms. The molecule has 1 saturated carbocycles. The summed E-state index contributed by atoms with van der Waals surface area (Å²) in [6, 6.07) is 5.65. The van der Waals surface area contributed by atoms with Crippen molar-refractivity contribution in [3.63, 3.8) is 0 Å². The van der Waals surface area contributed by atoms with E-state index in [1.54, 1.807) is 0 Å². The Morgan fingerprint density at radius 1 is 1.27 bits per heavy atom. The van der Waals surface area contributed by atoms with Crippen molar-refractivity contribution in [1.29, 1.82) is 0 Å².